The first-order valence-corrected chi connectivity index (χ1v) is 12.1. The highest BCUT2D eigenvalue weighted by Gasteiger charge is 2.16. The summed E-state index contributed by atoms with van der Waals surface area (Å²) in [5.41, 5.74) is 4.09. The van der Waals surface area contributed by atoms with Crippen molar-refractivity contribution < 1.29 is 14.3 Å². The molecule has 0 aliphatic rings. The number of benzene rings is 3. The number of nitrogens with zero attached hydrogens (tertiary/aromatic N) is 2. The third-order valence-electron chi connectivity index (χ3n) is 5.62. The Morgan fingerprint density at radius 2 is 1.77 bits per heavy atom. The molecule has 0 saturated carbocycles. The van der Waals surface area contributed by atoms with Crippen molar-refractivity contribution in [3.05, 3.63) is 87.7 Å². The number of methoxy groups -OCH3 is 2. The van der Waals surface area contributed by atoms with E-state index in [2.05, 4.69) is 5.32 Å². The third kappa shape index (κ3) is 5.33. The van der Waals surface area contributed by atoms with Gasteiger partial charge in [0.05, 0.1) is 36.6 Å². The Morgan fingerprint density at radius 3 is 2.54 bits per heavy atom. The lowest BCUT2D eigenvalue weighted by atomic mass is 10.1. The summed E-state index contributed by atoms with van der Waals surface area (Å²) < 4.78 is 12.2. The molecular formula is C27H27N3O4S. The van der Waals surface area contributed by atoms with E-state index in [4.69, 9.17) is 14.5 Å². The van der Waals surface area contributed by atoms with E-state index < -0.39 is 0 Å². The van der Waals surface area contributed by atoms with E-state index in [-0.39, 0.29) is 17.2 Å². The predicted molar refractivity (Wildman–Crippen MR) is 139 cm³/mol. The van der Waals surface area contributed by atoms with Crippen LogP contribution in [0.5, 0.6) is 11.5 Å². The lowest BCUT2D eigenvalue weighted by Crippen LogP contribution is -2.26. The molecule has 0 saturated heterocycles. The molecule has 1 heterocycles. The number of fused-ring (bicyclic) bond motifs is 1. The van der Waals surface area contributed by atoms with E-state index in [1.165, 1.54) is 11.8 Å². The van der Waals surface area contributed by atoms with Gasteiger partial charge in [-0.3, -0.25) is 14.2 Å². The number of amides is 1. The van der Waals surface area contributed by atoms with E-state index in [0.717, 1.165) is 22.4 Å². The largest absolute Gasteiger partial charge is 0.493 e. The molecule has 0 bridgehead atoms. The third-order valence-corrected chi connectivity index (χ3v) is 6.56. The Labute approximate surface area is 208 Å². The molecule has 0 unspecified atom stereocenters. The number of para-hydroxylation sites is 1. The molecule has 7 nitrogen and oxygen atoms in total. The number of nitrogens with one attached hydrogen (secondary N) is 1. The number of hydrogen-bond acceptors (Lipinski definition) is 6. The Balaban J connectivity index is 1.58. The fourth-order valence-electron chi connectivity index (χ4n) is 3.75. The molecule has 180 valence electrons. The molecule has 0 fully saturated rings. The predicted octanol–water partition coefficient (Wildman–Crippen LogP) is 4.43. The summed E-state index contributed by atoms with van der Waals surface area (Å²) in [4.78, 5) is 30.9. The fraction of sp³-hybridized carbons (Fsp3) is 0.222. The Hall–Kier alpha value is -3.78. The molecule has 1 N–H and O–H groups in total. The van der Waals surface area contributed by atoms with Gasteiger partial charge in [0.2, 0.25) is 5.91 Å². The average molecular weight is 490 g/mol. The lowest BCUT2D eigenvalue weighted by molar-refractivity contribution is -0.118. The molecule has 0 aliphatic heterocycles. The highest BCUT2D eigenvalue weighted by molar-refractivity contribution is 7.99. The van der Waals surface area contributed by atoms with Crippen molar-refractivity contribution >= 4 is 28.6 Å². The molecule has 1 aromatic heterocycles. The zero-order valence-corrected chi connectivity index (χ0v) is 20.9. The molecule has 0 spiro atoms. The average Bonchev–Trinajstić information content (AvgIpc) is 2.87. The zero-order chi connectivity index (χ0) is 24.9. The monoisotopic (exact) mass is 489 g/mol. The van der Waals surface area contributed by atoms with Crippen molar-refractivity contribution in [2.75, 3.05) is 20.0 Å². The van der Waals surface area contributed by atoms with Gasteiger partial charge in [-0.1, -0.05) is 42.1 Å². The van der Waals surface area contributed by atoms with Crippen LogP contribution in [-0.2, 0) is 11.3 Å². The Kier molecular flexibility index (Phi) is 7.41. The minimum absolute atomic E-state index is 0.114. The molecule has 0 aliphatic carbocycles. The summed E-state index contributed by atoms with van der Waals surface area (Å²) in [5.74, 6) is 1.18. The molecule has 4 rings (SSSR count). The van der Waals surface area contributed by atoms with Gasteiger partial charge in [0.1, 0.15) is 0 Å². The van der Waals surface area contributed by atoms with Crippen LogP contribution in [0.1, 0.15) is 16.7 Å². The summed E-state index contributed by atoms with van der Waals surface area (Å²) in [6.07, 6.45) is 0. The molecule has 0 radical (unpaired) electrons. The van der Waals surface area contributed by atoms with Gasteiger partial charge in [0, 0.05) is 6.54 Å². The van der Waals surface area contributed by atoms with Gasteiger partial charge < -0.3 is 14.8 Å². The summed E-state index contributed by atoms with van der Waals surface area (Å²) in [5, 5.41) is 3.93. The second-order valence-corrected chi connectivity index (χ2v) is 9.04. The molecule has 0 atom stereocenters. The maximum absolute atomic E-state index is 13.5. The van der Waals surface area contributed by atoms with Crippen molar-refractivity contribution in [1.82, 2.24) is 14.9 Å². The molecule has 1 amide bonds. The normalized spacial score (nSPS) is 10.9. The SMILES string of the molecule is COc1ccc(CNC(=O)CSc2nc3ccccc3c(=O)n2-c2cc(C)ccc2C)cc1OC. The molecule has 4 aromatic rings. The molecule has 35 heavy (non-hydrogen) atoms. The van der Waals surface area contributed by atoms with Crippen LogP contribution in [0.3, 0.4) is 0 Å². The van der Waals surface area contributed by atoms with Crippen molar-refractivity contribution in [3.8, 4) is 17.2 Å². The van der Waals surface area contributed by atoms with Crippen LogP contribution in [0.4, 0.5) is 0 Å². The van der Waals surface area contributed by atoms with Gasteiger partial charge in [-0.15, -0.1) is 0 Å². The van der Waals surface area contributed by atoms with Crippen LogP contribution >= 0.6 is 11.8 Å². The van der Waals surface area contributed by atoms with Crippen LogP contribution in [0.2, 0.25) is 0 Å². The Bertz CT molecular complexity index is 1450. The van der Waals surface area contributed by atoms with E-state index >= 15 is 0 Å². The van der Waals surface area contributed by atoms with Crippen LogP contribution in [-0.4, -0.2) is 35.4 Å². The van der Waals surface area contributed by atoms with E-state index in [1.54, 1.807) is 30.9 Å². The minimum Gasteiger partial charge on any atom is -0.493 e. The van der Waals surface area contributed by atoms with Gasteiger partial charge in [-0.2, -0.15) is 0 Å². The highest BCUT2D eigenvalue weighted by atomic mass is 32.2. The summed E-state index contributed by atoms with van der Waals surface area (Å²) >= 11 is 1.24. The van der Waals surface area contributed by atoms with Crippen LogP contribution in [0, 0.1) is 13.8 Å². The standard InChI is InChI=1S/C27H27N3O4S/c1-17-9-10-18(2)22(13-17)30-26(32)20-7-5-6-8-21(20)29-27(30)35-16-25(31)28-15-19-11-12-23(33-3)24(14-19)34-4/h5-14H,15-16H2,1-4H3,(H,28,31). The fourth-order valence-corrected chi connectivity index (χ4v) is 4.59. The number of ether oxygens (including phenoxy) is 2. The van der Waals surface area contributed by atoms with Gasteiger partial charge in [-0.05, 0) is 60.9 Å². The zero-order valence-electron chi connectivity index (χ0n) is 20.1. The number of thioether (sulfide) groups is 1. The number of aryl methyl sites for hydroxylation is 2. The van der Waals surface area contributed by atoms with Gasteiger partial charge in [0.15, 0.2) is 16.7 Å². The van der Waals surface area contributed by atoms with Gasteiger partial charge >= 0.3 is 0 Å². The molecular weight excluding hydrogens is 462 g/mol. The van der Waals surface area contributed by atoms with Crippen LogP contribution < -0.4 is 20.3 Å². The van der Waals surface area contributed by atoms with E-state index in [0.29, 0.717) is 34.1 Å². The highest BCUT2D eigenvalue weighted by Crippen LogP contribution is 2.28. The van der Waals surface area contributed by atoms with Gasteiger partial charge in [-0.25, -0.2) is 4.98 Å². The smallest absolute Gasteiger partial charge is 0.266 e. The number of rotatable bonds is 8. The first-order valence-electron chi connectivity index (χ1n) is 11.1. The van der Waals surface area contributed by atoms with Crippen molar-refractivity contribution in [3.63, 3.8) is 0 Å². The number of carbonyl (C=O) groups excluding carboxylic acids is 1. The second-order valence-electron chi connectivity index (χ2n) is 8.10. The summed E-state index contributed by atoms with van der Waals surface area (Å²) in [7, 11) is 3.15. The van der Waals surface area contributed by atoms with Crippen molar-refractivity contribution in [2.24, 2.45) is 0 Å². The van der Waals surface area contributed by atoms with E-state index in [1.807, 2.05) is 62.4 Å². The van der Waals surface area contributed by atoms with Crippen LogP contribution in [0.25, 0.3) is 16.6 Å². The van der Waals surface area contributed by atoms with Gasteiger partial charge in [0.25, 0.3) is 5.56 Å². The maximum atomic E-state index is 13.5. The summed E-state index contributed by atoms with van der Waals surface area (Å²) in [6.45, 7) is 4.28. The number of hydrogen-bond donors (Lipinski definition) is 1. The number of carbonyl (C=O) groups is 1. The topological polar surface area (TPSA) is 82.5 Å². The summed E-state index contributed by atoms with van der Waals surface area (Å²) in [6, 6.07) is 18.7. The first kappa shape index (κ1) is 24.3. The molecule has 8 heteroatoms. The van der Waals surface area contributed by atoms with Crippen LogP contribution in [0.15, 0.2) is 70.6 Å². The maximum Gasteiger partial charge on any atom is 0.266 e. The first-order chi connectivity index (χ1) is 16.9. The van der Waals surface area contributed by atoms with Crippen molar-refractivity contribution in [2.45, 2.75) is 25.5 Å². The Morgan fingerprint density at radius 1 is 1.00 bits per heavy atom. The van der Waals surface area contributed by atoms with E-state index in [9.17, 15) is 9.59 Å². The quantitative estimate of drug-likeness (QED) is 0.291. The lowest BCUT2D eigenvalue weighted by Gasteiger charge is -2.16. The number of aromatic nitrogens is 2. The van der Waals surface area contributed by atoms with Crippen molar-refractivity contribution in [1.29, 1.82) is 0 Å². The minimum atomic E-state index is -0.167. The molecule has 3 aromatic carbocycles. The second kappa shape index (κ2) is 10.7.